The Morgan fingerprint density at radius 1 is 1.28 bits per heavy atom. The fourth-order valence-electron chi connectivity index (χ4n) is 6.60. The highest BCUT2D eigenvalue weighted by Crippen LogP contribution is 2.63. The molecule has 8 nitrogen and oxygen atoms in total. The Balaban J connectivity index is 1.76. The SMILES string of the molecule is C=CCN(C(=O)C1N(CCCCCCO)C(=O)[C@@H]2[C@H](C(=O)O)[C@]3(C)CCC12O3)c1c(C)cccc1Cl. The van der Waals surface area contributed by atoms with E-state index in [9.17, 15) is 19.5 Å². The molecule has 3 heterocycles. The Morgan fingerprint density at radius 3 is 2.64 bits per heavy atom. The van der Waals surface area contributed by atoms with Crippen LogP contribution in [0.4, 0.5) is 5.69 Å². The van der Waals surface area contributed by atoms with Gasteiger partial charge in [-0.2, -0.15) is 0 Å². The molecular weight excluding hydrogens is 484 g/mol. The van der Waals surface area contributed by atoms with Crippen molar-refractivity contribution in [3.8, 4) is 0 Å². The number of para-hydroxylation sites is 1. The second-order valence-corrected chi connectivity index (χ2v) is 10.8. The fourth-order valence-corrected chi connectivity index (χ4v) is 6.93. The summed E-state index contributed by atoms with van der Waals surface area (Å²) in [5, 5.41) is 19.6. The zero-order valence-corrected chi connectivity index (χ0v) is 21.7. The summed E-state index contributed by atoms with van der Waals surface area (Å²) in [6.45, 7) is 8.03. The lowest BCUT2D eigenvalue weighted by Crippen LogP contribution is -2.56. The van der Waals surface area contributed by atoms with Crippen molar-refractivity contribution in [3.05, 3.63) is 41.4 Å². The molecule has 0 saturated carbocycles. The Bertz CT molecular complexity index is 1040. The van der Waals surface area contributed by atoms with Crippen LogP contribution in [0.5, 0.6) is 0 Å². The van der Waals surface area contributed by atoms with Crippen LogP contribution in [0.15, 0.2) is 30.9 Å². The maximum Gasteiger partial charge on any atom is 0.310 e. The minimum absolute atomic E-state index is 0.107. The zero-order chi connectivity index (χ0) is 26.3. The minimum Gasteiger partial charge on any atom is -0.481 e. The number of aliphatic hydroxyl groups excluding tert-OH is 1. The van der Waals surface area contributed by atoms with Gasteiger partial charge in [-0.25, -0.2) is 0 Å². The van der Waals surface area contributed by atoms with Gasteiger partial charge in [0, 0.05) is 19.7 Å². The number of aliphatic hydroxyl groups is 1. The van der Waals surface area contributed by atoms with Gasteiger partial charge in [-0.1, -0.05) is 42.7 Å². The normalized spacial score (nSPS) is 30.5. The number of nitrogens with zero attached hydrogens (tertiary/aromatic N) is 2. The first-order valence-corrected chi connectivity index (χ1v) is 13.0. The molecule has 2 bridgehead atoms. The van der Waals surface area contributed by atoms with E-state index in [-0.39, 0.29) is 25.0 Å². The minimum atomic E-state index is -1.20. The van der Waals surface area contributed by atoms with E-state index in [1.165, 1.54) is 0 Å². The molecule has 1 aromatic rings. The van der Waals surface area contributed by atoms with Gasteiger partial charge in [0.05, 0.1) is 28.1 Å². The largest absolute Gasteiger partial charge is 0.481 e. The Kier molecular flexibility index (Phi) is 7.51. The van der Waals surface area contributed by atoms with Gasteiger partial charge < -0.3 is 24.7 Å². The van der Waals surface area contributed by atoms with Gasteiger partial charge in [0.1, 0.15) is 11.6 Å². The number of carboxylic acids is 1. The standard InChI is InChI=1S/C27H35ClN2O6/c1-4-14-29(21-17(2)10-9-11-18(21)28)24(33)22-27-13-12-26(3,36-27)20(25(34)35)19(27)23(32)30(22)15-7-5-6-8-16-31/h4,9-11,19-20,22,31H,1,5-8,12-16H2,2-3H3,(H,34,35)/t19-,20+,22?,26-,27?/m0/s1. The number of hydrogen-bond acceptors (Lipinski definition) is 5. The van der Waals surface area contributed by atoms with Gasteiger partial charge >= 0.3 is 5.97 Å². The number of rotatable bonds is 11. The molecule has 1 aromatic carbocycles. The molecule has 3 aliphatic rings. The predicted octanol–water partition coefficient (Wildman–Crippen LogP) is 3.57. The summed E-state index contributed by atoms with van der Waals surface area (Å²) in [5.41, 5.74) is -0.848. The number of carbonyl (C=O) groups excluding carboxylic acids is 2. The van der Waals surface area contributed by atoms with Crippen molar-refractivity contribution in [2.75, 3.05) is 24.6 Å². The second-order valence-electron chi connectivity index (χ2n) is 10.4. The third-order valence-electron chi connectivity index (χ3n) is 8.12. The highest BCUT2D eigenvalue weighted by molar-refractivity contribution is 6.34. The molecule has 3 aliphatic heterocycles. The van der Waals surface area contributed by atoms with Crippen LogP contribution in [0.1, 0.15) is 51.0 Å². The fraction of sp³-hybridized carbons (Fsp3) is 0.593. The number of likely N-dealkylation sites (tertiary alicyclic amines) is 1. The first kappa shape index (κ1) is 26.6. The number of amides is 2. The average Bonchev–Trinajstić information content (AvgIpc) is 3.38. The second kappa shape index (κ2) is 10.1. The maximum atomic E-state index is 14.4. The van der Waals surface area contributed by atoms with E-state index in [0.29, 0.717) is 42.9 Å². The molecule has 3 saturated heterocycles. The van der Waals surface area contributed by atoms with Crippen molar-refractivity contribution in [1.82, 2.24) is 4.90 Å². The summed E-state index contributed by atoms with van der Waals surface area (Å²) in [6.07, 6.45) is 5.41. The van der Waals surface area contributed by atoms with Crippen LogP contribution in [0.3, 0.4) is 0 Å². The quantitative estimate of drug-likeness (QED) is 0.342. The summed E-state index contributed by atoms with van der Waals surface area (Å²) < 4.78 is 6.47. The van der Waals surface area contributed by atoms with Crippen molar-refractivity contribution in [2.24, 2.45) is 11.8 Å². The van der Waals surface area contributed by atoms with E-state index in [0.717, 1.165) is 18.4 Å². The lowest BCUT2D eigenvalue weighted by atomic mass is 9.66. The molecule has 2 unspecified atom stereocenters. The lowest BCUT2D eigenvalue weighted by Gasteiger charge is -2.37. The molecule has 0 radical (unpaired) electrons. The smallest absolute Gasteiger partial charge is 0.310 e. The molecule has 9 heteroatoms. The van der Waals surface area contributed by atoms with Crippen LogP contribution in [-0.2, 0) is 19.1 Å². The van der Waals surface area contributed by atoms with Crippen LogP contribution in [0, 0.1) is 18.8 Å². The Hall–Kier alpha value is -2.42. The van der Waals surface area contributed by atoms with Crippen molar-refractivity contribution in [1.29, 1.82) is 0 Å². The number of ether oxygens (including phenoxy) is 1. The number of halogens is 1. The zero-order valence-electron chi connectivity index (χ0n) is 20.9. The number of aliphatic carboxylic acids is 1. The first-order chi connectivity index (χ1) is 17.1. The van der Waals surface area contributed by atoms with Crippen LogP contribution in [-0.4, -0.2) is 69.8 Å². The number of anilines is 1. The number of carboxylic acid groups (broad SMARTS) is 1. The monoisotopic (exact) mass is 518 g/mol. The molecule has 2 amide bonds. The van der Waals surface area contributed by atoms with E-state index in [2.05, 4.69) is 6.58 Å². The molecule has 4 rings (SSSR count). The van der Waals surface area contributed by atoms with Crippen LogP contribution < -0.4 is 4.90 Å². The number of benzene rings is 1. The number of unbranched alkanes of at least 4 members (excludes halogenated alkanes) is 3. The molecule has 5 atom stereocenters. The molecule has 36 heavy (non-hydrogen) atoms. The third kappa shape index (κ3) is 4.13. The Labute approximate surface area is 216 Å². The molecule has 0 aliphatic carbocycles. The summed E-state index contributed by atoms with van der Waals surface area (Å²) in [6, 6.07) is 4.43. The topological polar surface area (TPSA) is 107 Å². The summed E-state index contributed by atoms with van der Waals surface area (Å²) in [4.78, 5) is 43.7. The van der Waals surface area contributed by atoms with E-state index in [4.69, 9.17) is 21.4 Å². The van der Waals surface area contributed by atoms with Crippen LogP contribution in [0.2, 0.25) is 5.02 Å². The lowest BCUT2D eigenvalue weighted by molar-refractivity contribution is -0.154. The van der Waals surface area contributed by atoms with Crippen molar-refractivity contribution >= 4 is 35.1 Å². The molecule has 2 N–H and O–H groups in total. The van der Waals surface area contributed by atoms with Crippen LogP contribution in [0.25, 0.3) is 0 Å². The molecule has 0 aromatic heterocycles. The van der Waals surface area contributed by atoms with E-state index in [1.54, 1.807) is 28.9 Å². The summed E-state index contributed by atoms with van der Waals surface area (Å²) >= 11 is 6.54. The predicted molar refractivity (Wildman–Crippen MR) is 136 cm³/mol. The first-order valence-electron chi connectivity index (χ1n) is 12.6. The van der Waals surface area contributed by atoms with Gasteiger partial charge in [-0.3, -0.25) is 14.4 Å². The molecular formula is C27H35ClN2O6. The molecule has 1 spiro atoms. The number of carbonyl (C=O) groups is 3. The summed E-state index contributed by atoms with van der Waals surface area (Å²) in [7, 11) is 0. The molecule has 3 fully saturated rings. The van der Waals surface area contributed by atoms with E-state index >= 15 is 0 Å². The highest BCUT2D eigenvalue weighted by Gasteiger charge is 2.78. The Morgan fingerprint density at radius 2 is 2.00 bits per heavy atom. The van der Waals surface area contributed by atoms with Gasteiger partial charge in [0.15, 0.2) is 0 Å². The maximum absolute atomic E-state index is 14.4. The van der Waals surface area contributed by atoms with Gasteiger partial charge in [-0.15, -0.1) is 6.58 Å². The number of aryl methyl sites for hydroxylation is 1. The van der Waals surface area contributed by atoms with Gasteiger partial charge in [0.25, 0.3) is 5.91 Å². The van der Waals surface area contributed by atoms with Crippen LogP contribution >= 0.6 is 11.6 Å². The third-order valence-corrected chi connectivity index (χ3v) is 8.42. The number of fused-ring (bicyclic) bond motifs is 1. The van der Waals surface area contributed by atoms with Crippen molar-refractivity contribution in [2.45, 2.75) is 69.6 Å². The highest BCUT2D eigenvalue weighted by atomic mass is 35.5. The molecule has 196 valence electrons. The van der Waals surface area contributed by atoms with E-state index < -0.39 is 35.0 Å². The van der Waals surface area contributed by atoms with Crippen molar-refractivity contribution < 1.29 is 29.3 Å². The van der Waals surface area contributed by atoms with Gasteiger partial charge in [0.2, 0.25) is 5.91 Å². The van der Waals surface area contributed by atoms with E-state index in [1.807, 2.05) is 19.1 Å². The average molecular weight is 519 g/mol. The number of hydrogen-bond donors (Lipinski definition) is 2. The van der Waals surface area contributed by atoms with Gasteiger partial charge in [-0.05, 0) is 51.2 Å². The van der Waals surface area contributed by atoms with Crippen molar-refractivity contribution in [3.63, 3.8) is 0 Å². The summed E-state index contributed by atoms with van der Waals surface area (Å²) in [5.74, 6) is -3.67.